The van der Waals surface area contributed by atoms with Gasteiger partial charge in [-0.3, -0.25) is 4.90 Å². The van der Waals surface area contributed by atoms with Gasteiger partial charge < -0.3 is 12.9 Å². The van der Waals surface area contributed by atoms with E-state index in [9.17, 15) is 12.9 Å². The van der Waals surface area contributed by atoms with Crippen LogP contribution in [0.5, 0.6) is 0 Å². The van der Waals surface area contributed by atoms with Crippen LogP contribution in [0.2, 0.25) is 5.82 Å². The molecule has 1 heterocycles. The van der Waals surface area contributed by atoms with E-state index in [1.807, 2.05) is 30.3 Å². The van der Waals surface area contributed by atoms with Gasteiger partial charge in [-0.05, 0) is 18.7 Å². The third-order valence-electron chi connectivity index (χ3n) is 3.42. The molecule has 0 bridgehead atoms. The Hall–Kier alpha value is 0.671. The van der Waals surface area contributed by atoms with Crippen molar-refractivity contribution < 1.29 is 64.3 Å². The third-order valence-corrected chi connectivity index (χ3v) is 3.42. The second-order valence-corrected chi connectivity index (χ2v) is 4.72. The van der Waals surface area contributed by atoms with Crippen LogP contribution in [0.25, 0.3) is 0 Å². The van der Waals surface area contributed by atoms with E-state index in [1.54, 1.807) is 0 Å². The zero-order valence-electron chi connectivity index (χ0n) is 10.7. The van der Waals surface area contributed by atoms with Crippen molar-refractivity contribution in [2.75, 3.05) is 13.1 Å². The van der Waals surface area contributed by atoms with Gasteiger partial charge in [-0.15, -0.1) is 0 Å². The first-order chi connectivity index (χ1) is 8.05. The summed E-state index contributed by atoms with van der Waals surface area (Å²) in [5, 5.41) is 0. The van der Waals surface area contributed by atoms with Crippen LogP contribution in [0.1, 0.15) is 18.4 Å². The molecule has 2 rings (SSSR count). The predicted octanol–water partition coefficient (Wildman–Crippen LogP) is 0.504. The van der Waals surface area contributed by atoms with Crippen LogP contribution < -0.4 is 51.4 Å². The molecule has 0 radical (unpaired) electrons. The standard InChI is InChI=1S/C12H16BF3N.K/c14-13(15,16)12-6-8-17(9-7-12)10-11-4-2-1-3-5-11;/h1-5,12H,6-10H2;/q-1;+1. The quantitative estimate of drug-likeness (QED) is 0.730. The largest absolute Gasteiger partial charge is 1.00 e. The van der Waals surface area contributed by atoms with Gasteiger partial charge in [0.1, 0.15) is 0 Å². The normalized spacial score (nSPS) is 18.4. The van der Waals surface area contributed by atoms with E-state index in [2.05, 4.69) is 4.90 Å². The minimum atomic E-state index is -4.64. The zero-order chi connectivity index (χ0) is 12.3. The number of benzene rings is 1. The van der Waals surface area contributed by atoms with Gasteiger partial charge in [0.15, 0.2) is 0 Å². The Morgan fingerprint density at radius 1 is 1.06 bits per heavy atom. The molecule has 0 aliphatic carbocycles. The average Bonchev–Trinajstić information content (AvgIpc) is 2.30. The Balaban J connectivity index is 0.00000162. The summed E-state index contributed by atoms with van der Waals surface area (Å²) in [5.74, 6) is -1.04. The van der Waals surface area contributed by atoms with E-state index < -0.39 is 12.8 Å². The number of halogens is 3. The molecule has 0 amide bonds. The van der Waals surface area contributed by atoms with E-state index >= 15 is 0 Å². The molecule has 0 spiro atoms. The first-order valence-electron chi connectivity index (χ1n) is 6.02. The molecular weight excluding hydrogens is 265 g/mol. The first-order valence-corrected chi connectivity index (χ1v) is 6.02. The Morgan fingerprint density at radius 3 is 2.11 bits per heavy atom. The molecule has 0 N–H and O–H groups in total. The van der Waals surface area contributed by atoms with Gasteiger partial charge in [0.25, 0.3) is 0 Å². The molecule has 1 aliphatic heterocycles. The Morgan fingerprint density at radius 2 is 1.61 bits per heavy atom. The van der Waals surface area contributed by atoms with Gasteiger partial charge >= 0.3 is 58.4 Å². The summed E-state index contributed by atoms with van der Waals surface area (Å²) in [5.41, 5.74) is 1.17. The molecule has 0 aromatic heterocycles. The van der Waals surface area contributed by atoms with Crippen LogP contribution in [0, 0.1) is 0 Å². The number of piperidine rings is 1. The monoisotopic (exact) mass is 281 g/mol. The first kappa shape index (κ1) is 16.7. The maximum Gasteiger partial charge on any atom is 1.00 e. The molecule has 0 atom stereocenters. The Kier molecular flexibility index (Phi) is 6.92. The summed E-state index contributed by atoms with van der Waals surface area (Å²) in [7, 11) is 0. The average molecular weight is 281 g/mol. The second kappa shape index (κ2) is 7.45. The number of nitrogens with zero attached hydrogens (tertiary/aromatic N) is 1. The van der Waals surface area contributed by atoms with E-state index in [0.29, 0.717) is 13.1 Å². The summed E-state index contributed by atoms with van der Waals surface area (Å²) in [6.45, 7) is -2.77. The van der Waals surface area contributed by atoms with Crippen molar-refractivity contribution >= 4 is 6.98 Å². The van der Waals surface area contributed by atoms with Gasteiger partial charge in [0.05, 0.1) is 0 Å². The predicted molar refractivity (Wildman–Crippen MR) is 63.8 cm³/mol. The molecule has 94 valence electrons. The molecule has 1 aromatic carbocycles. The summed E-state index contributed by atoms with van der Waals surface area (Å²) in [4.78, 5) is 2.10. The molecule has 1 aliphatic rings. The topological polar surface area (TPSA) is 3.24 Å². The van der Waals surface area contributed by atoms with Crippen molar-refractivity contribution in [1.29, 1.82) is 0 Å². The van der Waals surface area contributed by atoms with Crippen LogP contribution >= 0.6 is 0 Å². The summed E-state index contributed by atoms with van der Waals surface area (Å²) < 4.78 is 37.6. The van der Waals surface area contributed by atoms with E-state index in [1.165, 1.54) is 5.56 Å². The molecule has 6 heteroatoms. The number of likely N-dealkylation sites (tertiary alicyclic amines) is 1. The van der Waals surface area contributed by atoms with Crippen molar-refractivity contribution in [1.82, 2.24) is 4.90 Å². The molecule has 0 saturated carbocycles. The number of hydrogen-bond acceptors (Lipinski definition) is 1. The smallest absolute Gasteiger partial charge is 0.449 e. The fraction of sp³-hybridized carbons (Fsp3) is 0.500. The van der Waals surface area contributed by atoms with Gasteiger partial charge in [-0.2, -0.15) is 0 Å². The van der Waals surface area contributed by atoms with E-state index in [0.717, 1.165) is 6.54 Å². The SMILES string of the molecule is F[B-](F)(F)C1CCN(Cc2ccccc2)CC1.[K+]. The number of hydrogen-bond donors (Lipinski definition) is 0. The summed E-state index contributed by atoms with van der Waals surface area (Å²) in [6.07, 6.45) is 0.521. The molecule has 1 saturated heterocycles. The van der Waals surface area contributed by atoms with E-state index in [-0.39, 0.29) is 64.2 Å². The van der Waals surface area contributed by atoms with Crippen LogP contribution in [0.3, 0.4) is 0 Å². The van der Waals surface area contributed by atoms with Gasteiger partial charge in [0, 0.05) is 6.54 Å². The second-order valence-electron chi connectivity index (χ2n) is 4.72. The fourth-order valence-electron chi connectivity index (χ4n) is 2.33. The van der Waals surface area contributed by atoms with Crippen molar-refractivity contribution in [2.45, 2.75) is 25.2 Å². The van der Waals surface area contributed by atoms with Gasteiger partial charge in [0.2, 0.25) is 0 Å². The molecule has 0 unspecified atom stereocenters. The summed E-state index contributed by atoms with van der Waals surface area (Å²) in [6, 6.07) is 9.89. The minimum Gasteiger partial charge on any atom is -0.449 e. The molecule has 18 heavy (non-hydrogen) atoms. The molecule has 1 aromatic rings. The zero-order valence-corrected chi connectivity index (χ0v) is 13.8. The van der Waals surface area contributed by atoms with Crippen LogP contribution in [-0.2, 0) is 6.54 Å². The van der Waals surface area contributed by atoms with Crippen molar-refractivity contribution in [3.05, 3.63) is 35.9 Å². The molecule has 1 fully saturated rings. The Bertz CT molecular complexity index is 350. The van der Waals surface area contributed by atoms with Crippen molar-refractivity contribution in [3.63, 3.8) is 0 Å². The summed E-state index contributed by atoms with van der Waals surface area (Å²) >= 11 is 0. The maximum atomic E-state index is 12.5. The van der Waals surface area contributed by atoms with Crippen LogP contribution in [-0.4, -0.2) is 25.0 Å². The van der Waals surface area contributed by atoms with Crippen molar-refractivity contribution in [3.8, 4) is 0 Å². The fourth-order valence-corrected chi connectivity index (χ4v) is 2.33. The van der Waals surface area contributed by atoms with Crippen LogP contribution in [0.4, 0.5) is 12.9 Å². The molecular formula is C12H16BF3KN. The number of rotatable bonds is 3. The minimum absolute atomic E-state index is 0. The van der Waals surface area contributed by atoms with Gasteiger partial charge in [-0.25, -0.2) is 0 Å². The molecule has 1 nitrogen and oxygen atoms in total. The Labute approximate surface area is 149 Å². The third kappa shape index (κ3) is 4.98. The van der Waals surface area contributed by atoms with Crippen LogP contribution in [0.15, 0.2) is 30.3 Å². The van der Waals surface area contributed by atoms with Gasteiger partial charge in [-0.1, -0.05) is 49.0 Å². The van der Waals surface area contributed by atoms with E-state index in [4.69, 9.17) is 0 Å². The van der Waals surface area contributed by atoms with Crippen molar-refractivity contribution in [2.24, 2.45) is 0 Å². The maximum absolute atomic E-state index is 12.5.